The fraction of sp³-hybridized carbons (Fsp3) is 0.258. The van der Waals surface area contributed by atoms with E-state index >= 15 is 0 Å². The van der Waals surface area contributed by atoms with Crippen LogP contribution in [0.5, 0.6) is 0 Å². The Morgan fingerprint density at radius 1 is 1.00 bits per heavy atom. The molecular formula is C31H31N3O3. The molecule has 1 aromatic heterocycles. The molecular weight excluding hydrogens is 462 g/mol. The van der Waals surface area contributed by atoms with Crippen LogP contribution in [0.25, 0.3) is 10.8 Å². The molecule has 3 atom stereocenters. The number of nitrogens with one attached hydrogen (secondary N) is 1. The Bertz CT molecular complexity index is 1380. The number of hydrogen-bond donors (Lipinski definition) is 2. The van der Waals surface area contributed by atoms with Crippen molar-refractivity contribution >= 4 is 22.6 Å². The fourth-order valence-corrected chi connectivity index (χ4v) is 5.38. The van der Waals surface area contributed by atoms with E-state index in [9.17, 15) is 9.59 Å². The van der Waals surface area contributed by atoms with E-state index in [1.165, 1.54) is 40.2 Å². The van der Waals surface area contributed by atoms with E-state index in [1.54, 1.807) is 0 Å². The number of likely N-dealkylation sites (tertiary alicyclic amines) is 1. The second kappa shape index (κ2) is 10.9. The first-order valence-corrected chi connectivity index (χ1v) is 12.8. The van der Waals surface area contributed by atoms with Crippen molar-refractivity contribution in [2.45, 2.75) is 25.3 Å². The summed E-state index contributed by atoms with van der Waals surface area (Å²) in [7, 11) is 0. The highest BCUT2D eigenvalue weighted by molar-refractivity contribution is 5.94. The van der Waals surface area contributed by atoms with Gasteiger partial charge < -0.3 is 15.3 Å². The molecule has 1 saturated heterocycles. The number of rotatable bonds is 7. The number of fused-ring (bicyclic) bond motifs is 1. The number of pyridine rings is 1. The van der Waals surface area contributed by atoms with Crippen LogP contribution in [0, 0.1) is 5.92 Å². The van der Waals surface area contributed by atoms with Gasteiger partial charge in [0.25, 0.3) is 5.91 Å². The van der Waals surface area contributed by atoms with Gasteiger partial charge in [-0.05, 0) is 59.8 Å². The summed E-state index contributed by atoms with van der Waals surface area (Å²) < 4.78 is 0. The molecule has 0 saturated carbocycles. The van der Waals surface area contributed by atoms with Gasteiger partial charge in [-0.15, -0.1) is 0 Å². The van der Waals surface area contributed by atoms with Crippen molar-refractivity contribution in [2.24, 2.45) is 5.92 Å². The highest BCUT2D eigenvalue weighted by atomic mass is 16.4. The van der Waals surface area contributed by atoms with Crippen LogP contribution in [0.4, 0.5) is 0 Å². The number of carbonyl (C=O) groups is 2. The van der Waals surface area contributed by atoms with Gasteiger partial charge in [0.05, 0.1) is 5.56 Å². The molecule has 0 radical (unpaired) electrons. The van der Waals surface area contributed by atoms with Crippen molar-refractivity contribution in [3.8, 4) is 0 Å². The molecule has 6 nitrogen and oxygen atoms in total. The van der Waals surface area contributed by atoms with Crippen LogP contribution in [-0.2, 0) is 0 Å². The number of aromatic nitrogens is 1. The second-order valence-corrected chi connectivity index (χ2v) is 9.75. The summed E-state index contributed by atoms with van der Waals surface area (Å²) in [6, 6.07) is 28.4. The normalized spacial score (nSPS) is 18.5. The van der Waals surface area contributed by atoms with Gasteiger partial charge in [0, 0.05) is 31.2 Å². The van der Waals surface area contributed by atoms with Crippen molar-refractivity contribution < 1.29 is 14.7 Å². The summed E-state index contributed by atoms with van der Waals surface area (Å²) in [6.45, 7) is 4.29. The molecule has 0 bridgehead atoms. The number of benzene rings is 3. The highest BCUT2D eigenvalue weighted by Crippen LogP contribution is 2.33. The summed E-state index contributed by atoms with van der Waals surface area (Å²) in [5.74, 6) is -0.661. The van der Waals surface area contributed by atoms with E-state index in [0.29, 0.717) is 19.0 Å². The first-order valence-electron chi connectivity index (χ1n) is 12.8. The first-order chi connectivity index (χ1) is 18.0. The van der Waals surface area contributed by atoms with E-state index in [4.69, 9.17) is 5.11 Å². The van der Waals surface area contributed by atoms with Crippen LogP contribution in [0.3, 0.4) is 0 Å². The zero-order valence-electron chi connectivity index (χ0n) is 20.9. The summed E-state index contributed by atoms with van der Waals surface area (Å²) in [5.41, 5.74) is 2.86. The quantitative estimate of drug-likeness (QED) is 0.354. The van der Waals surface area contributed by atoms with Crippen molar-refractivity contribution in [2.75, 3.05) is 19.6 Å². The molecule has 2 N–H and O–H groups in total. The van der Waals surface area contributed by atoms with Gasteiger partial charge >= 0.3 is 5.97 Å². The molecule has 2 heterocycles. The third-order valence-corrected chi connectivity index (χ3v) is 7.48. The van der Waals surface area contributed by atoms with Gasteiger partial charge in [-0.1, -0.05) is 72.8 Å². The third kappa shape index (κ3) is 5.39. The van der Waals surface area contributed by atoms with E-state index in [2.05, 4.69) is 71.8 Å². The molecule has 4 aromatic rings. The van der Waals surface area contributed by atoms with Crippen molar-refractivity contribution in [1.29, 1.82) is 0 Å². The smallest absolute Gasteiger partial charge is 0.337 e. The lowest BCUT2D eigenvalue weighted by Crippen LogP contribution is -2.45. The Balaban J connectivity index is 1.32. The Hall–Kier alpha value is -4.03. The Morgan fingerprint density at radius 2 is 1.76 bits per heavy atom. The fourth-order valence-electron chi connectivity index (χ4n) is 5.38. The molecule has 188 valence electrons. The lowest BCUT2D eigenvalue weighted by Gasteiger charge is -2.39. The molecule has 37 heavy (non-hydrogen) atoms. The van der Waals surface area contributed by atoms with Gasteiger partial charge in [0.15, 0.2) is 0 Å². The largest absolute Gasteiger partial charge is 0.478 e. The molecule has 1 aliphatic rings. The van der Waals surface area contributed by atoms with E-state index in [0.717, 1.165) is 13.0 Å². The van der Waals surface area contributed by atoms with Crippen LogP contribution < -0.4 is 5.32 Å². The maximum atomic E-state index is 13.2. The molecule has 3 aromatic carbocycles. The average molecular weight is 494 g/mol. The number of nitrogens with zero attached hydrogens (tertiary/aromatic N) is 2. The number of carboxylic acid groups (broad SMARTS) is 1. The Kier molecular flexibility index (Phi) is 7.28. The van der Waals surface area contributed by atoms with Crippen molar-refractivity contribution in [3.05, 3.63) is 114 Å². The van der Waals surface area contributed by atoms with Crippen molar-refractivity contribution in [1.82, 2.24) is 15.2 Å². The second-order valence-electron chi connectivity index (χ2n) is 9.75. The lowest BCUT2D eigenvalue weighted by atomic mass is 9.80. The zero-order chi connectivity index (χ0) is 25.8. The molecule has 1 fully saturated rings. The average Bonchev–Trinajstić information content (AvgIpc) is 2.95. The number of amides is 1. The van der Waals surface area contributed by atoms with Crippen LogP contribution >= 0.6 is 0 Å². The number of aromatic carboxylic acids is 1. The summed E-state index contributed by atoms with van der Waals surface area (Å²) in [4.78, 5) is 30.4. The third-order valence-electron chi connectivity index (χ3n) is 7.48. The van der Waals surface area contributed by atoms with Gasteiger partial charge in [-0.3, -0.25) is 9.78 Å². The molecule has 0 aliphatic carbocycles. The topological polar surface area (TPSA) is 82.5 Å². The monoisotopic (exact) mass is 493 g/mol. The number of hydrogen-bond acceptors (Lipinski definition) is 4. The highest BCUT2D eigenvalue weighted by Gasteiger charge is 2.33. The summed E-state index contributed by atoms with van der Waals surface area (Å²) in [6.07, 6.45) is 2.11. The first kappa shape index (κ1) is 24.7. The summed E-state index contributed by atoms with van der Waals surface area (Å²) in [5, 5.41) is 15.4. The zero-order valence-corrected chi connectivity index (χ0v) is 20.9. The molecule has 1 aliphatic heterocycles. The van der Waals surface area contributed by atoms with Gasteiger partial charge in [-0.2, -0.15) is 0 Å². The van der Waals surface area contributed by atoms with E-state index in [1.807, 2.05) is 23.1 Å². The predicted octanol–water partition coefficient (Wildman–Crippen LogP) is 5.53. The Labute approximate surface area is 217 Å². The standard InChI is InChI=1S/C31H31N3O3/c1-21(26-13-7-11-22-10-5-6-12-27(22)26)32-18-24-16-17-34(20-28(24)23-8-3-2-4-9-23)30(35)29-15-14-25(19-33-29)31(36)37/h2-15,19,21,24,28,32H,16-18,20H2,1H3,(H,36,37)/t21-,24?,28?/m1/s1. The van der Waals surface area contributed by atoms with E-state index in [-0.39, 0.29) is 29.1 Å². The molecule has 1 amide bonds. The minimum atomic E-state index is -1.05. The number of piperidine rings is 1. The van der Waals surface area contributed by atoms with Crippen LogP contribution in [0.1, 0.15) is 57.3 Å². The lowest BCUT2D eigenvalue weighted by molar-refractivity contribution is 0.0647. The molecule has 0 spiro atoms. The molecule has 2 unspecified atom stereocenters. The van der Waals surface area contributed by atoms with Crippen LogP contribution in [-0.4, -0.2) is 46.5 Å². The SMILES string of the molecule is C[C@@H](NCC1CCN(C(=O)c2ccc(C(=O)O)cn2)CC1c1ccccc1)c1cccc2ccccc12. The number of carboxylic acids is 1. The van der Waals surface area contributed by atoms with Crippen molar-refractivity contribution in [3.63, 3.8) is 0 Å². The minimum Gasteiger partial charge on any atom is -0.478 e. The van der Waals surface area contributed by atoms with Crippen LogP contribution in [0.15, 0.2) is 91.1 Å². The van der Waals surface area contributed by atoms with Crippen LogP contribution in [0.2, 0.25) is 0 Å². The summed E-state index contributed by atoms with van der Waals surface area (Å²) >= 11 is 0. The maximum Gasteiger partial charge on any atom is 0.337 e. The van der Waals surface area contributed by atoms with Gasteiger partial charge in [-0.25, -0.2) is 4.79 Å². The maximum absolute atomic E-state index is 13.2. The van der Waals surface area contributed by atoms with Gasteiger partial charge in [0.2, 0.25) is 0 Å². The minimum absolute atomic E-state index is 0.0730. The number of carbonyl (C=O) groups excluding carboxylic acids is 1. The Morgan fingerprint density at radius 3 is 2.51 bits per heavy atom. The molecule has 6 heteroatoms. The van der Waals surface area contributed by atoms with E-state index < -0.39 is 5.97 Å². The molecule has 5 rings (SSSR count). The van der Waals surface area contributed by atoms with Gasteiger partial charge in [0.1, 0.15) is 5.69 Å². The predicted molar refractivity (Wildman–Crippen MR) is 145 cm³/mol.